The Balaban J connectivity index is 1.47. The number of benzene rings is 2. The van der Waals surface area contributed by atoms with Crippen molar-refractivity contribution in [1.82, 2.24) is 9.97 Å². The topological polar surface area (TPSA) is 57.8 Å². The molecule has 2 heterocycles. The minimum absolute atomic E-state index is 0.00750. The molecular formula is C22H21N3OS2. The fourth-order valence-corrected chi connectivity index (χ4v) is 5.15. The number of fused-ring (bicyclic) bond motifs is 1. The van der Waals surface area contributed by atoms with Gasteiger partial charge in [0.1, 0.15) is 0 Å². The van der Waals surface area contributed by atoms with E-state index in [1.807, 2.05) is 51.1 Å². The zero-order valence-electron chi connectivity index (χ0n) is 16.0. The van der Waals surface area contributed by atoms with Gasteiger partial charge in [-0.15, -0.1) is 11.3 Å². The molecule has 0 aliphatic heterocycles. The fraction of sp³-hybridized carbons (Fsp3) is 0.182. The first kappa shape index (κ1) is 18.8. The van der Waals surface area contributed by atoms with Crippen LogP contribution in [-0.4, -0.2) is 15.9 Å². The third kappa shape index (κ3) is 3.98. The molecule has 0 aliphatic rings. The van der Waals surface area contributed by atoms with Gasteiger partial charge in [-0.1, -0.05) is 30.0 Å². The molecule has 6 heteroatoms. The van der Waals surface area contributed by atoms with Crippen LogP contribution >= 0.6 is 23.1 Å². The molecule has 142 valence electrons. The largest absolute Gasteiger partial charge is 0.358 e. The maximum atomic E-state index is 12.7. The molecule has 0 fully saturated rings. The van der Waals surface area contributed by atoms with Crippen LogP contribution < -0.4 is 5.32 Å². The van der Waals surface area contributed by atoms with Gasteiger partial charge in [0.05, 0.1) is 6.42 Å². The van der Waals surface area contributed by atoms with Gasteiger partial charge in [0, 0.05) is 38.3 Å². The Kier molecular flexibility index (Phi) is 5.24. The van der Waals surface area contributed by atoms with E-state index in [1.165, 1.54) is 0 Å². The van der Waals surface area contributed by atoms with Crippen LogP contribution in [0.3, 0.4) is 0 Å². The predicted octanol–water partition coefficient (Wildman–Crippen LogP) is 5.88. The molecule has 0 radical (unpaired) electrons. The lowest BCUT2D eigenvalue weighted by Gasteiger charge is -2.10. The molecule has 0 bridgehead atoms. The van der Waals surface area contributed by atoms with Crippen molar-refractivity contribution in [3.8, 4) is 0 Å². The van der Waals surface area contributed by atoms with Gasteiger partial charge in [-0.25, -0.2) is 4.98 Å². The first-order chi connectivity index (χ1) is 13.5. The summed E-state index contributed by atoms with van der Waals surface area (Å²) in [5.74, 6) is -0.00750. The van der Waals surface area contributed by atoms with Gasteiger partial charge in [0.25, 0.3) is 0 Å². The average Bonchev–Trinajstić information content (AvgIpc) is 3.20. The molecule has 1 amide bonds. The molecule has 0 saturated carbocycles. The molecule has 0 atom stereocenters. The predicted molar refractivity (Wildman–Crippen MR) is 118 cm³/mol. The van der Waals surface area contributed by atoms with Gasteiger partial charge in [-0.2, -0.15) is 0 Å². The number of hydrogen-bond donors (Lipinski definition) is 2. The molecule has 28 heavy (non-hydrogen) atoms. The van der Waals surface area contributed by atoms with Crippen LogP contribution in [0.2, 0.25) is 0 Å². The number of nitrogens with zero attached hydrogens (tertiary/aromatic N) is 1. The third-order valence-corrected chi connectivity index (χ3v) is 6.69. The molecule has 0 spiro atoms. The smallest absolute Gasteiger partial charge is 0.228 e. The maximum Gasteiger partial charge on any atom is 0.228 e. The van der Waals surface area contributed by atoms with E-state index in [2.05, 4.69) is 32.8 Å². The lowest BCUT2D eigenvalue weighted by molar-refractivity contribution is -0.115. The van der Waals surface area contributed by atoms with E-state index in [1.54, 1.807) is 23.1 Å². The van der Waals surface area contributed by atoms with E-state index in [9.17, 15) is 4.79 Å². The first-order valence-electron chi connectivity index (χ1n) is 9.06. The molecule has 2 N–H and O–H groups in total. The van der Waals surface area contributed by atoms with Crippen molar-refractivity contribution in [2.75, 3.05) is 5.32 Å². The number of carbonyl (C=O) groups excluding carboxylic acids is 1. The highest BCUT2D eigenvalue weighted by molar-refractivity contribution is 8.01. The molecule has 2 aromatic heterocycles. The van der Waals surface area contributed by atoms with E-state index in [-0.39, 0.29) is 5.91 Å². The Morgan fingerprint density at radius 2 is 2.00 bits per heavy atom. The van der Waals surface area contributed by atoms with Crippen LogP contribution in [0.15, 0.2) is 57.1 Å². The maximum absolute atomic E-state index is 12.7. The molecule has 2 aromatic carbocycles. The average molecular weight is 408 g/mol. The number of nitrogens with one attached hydrogen (secondary N) is 2. The van der Waals surface area contributed by atoms with Crippen LogP contribution in [0.4, 0.5) is 5.69 Å². The highest BCUT2D eigenvalue weighted by Crippen LogP contribution is 2.32. The molecule has 4 nitrogen and oxygen atoms in total. The number of rotatable bonds is 5. The Morgan fingerprint density at radius 1 is 1.18 bits per heavy atom. The van der Waals surface area contributed by atoms with Gasteiger partial charge in [-0.3, -0.25) is 4.79 Å². The van der Waals surface area contributed by atoms with E-state index in [4.69, 9.17) is 0 Å². The van der Waals surface area contributed by atoms with Crippen LogP contribution in [0, 0.1) is 20.8 Å². The number of aryl methyl sites for hydroxylation is 3. The van der Waals surface area contributed by atoms with Crippen LogP contribution in [0.5, 0.6) is 0 Å². The number of H-pyrrole nitrogens is 1. The summed E-state index contributed by atoms with van der Waals surface area (Å²) >= 11 is 3.30. The lowest BCUT2D eigenvalue weighted by atomic mass is 10.1. The molecule has 4 aromatic rings. The van der Waals surface area contributed by atoms with Gasteiger partial charge < -0.3 is 10.3 Å². The lowest BCUT2D eigenvalue weighted by Crippen LogP contribution is -2.15. The van der Waals surface area contributed by atoms with Crippen LogP contribution in [0.1, 0.15) is 22.5 Å². The molecule has 0 aliphatic carbocycles. The second kappa shape index (κ2) is 7.81. The summed E-state index contributed by atoms with van der Waals surface area (Å²) in [6, 6.07) is 14.2. The number of aromatic nitrogens is 2. The van der Waals surface area contributed by atoms with Gasteiger partial charge in [0.2, 0.25) is 5.91 Å². The minimum Gasteiger partial charge on any atom is -0.358 e. The van der Waals surface area contributed by atoms with Crippen molar-refractivity contribution in [2.24, 2.45) is 0 Å². The zero-order chi connectivity index (χ0) is 19.7. The number of amides is 1. The van der Waals surface area contributed by atoms with Gasteiger partial charge in [0.15, 0.2) is 4.34 Å². The molecule has 0 saturated heterocycles. The number of thiazole rings is 1. The molecule has 4 rings (SSSR count). The summed E-state index contributed by atoms with van der Waals surface area (Å²) in [5, 5.41) is 6.22. The monoisotopic (exact) mass is 407 g/mol. The Hall–Kier alpha value is -2.57. The van der Waals surface area contributed by atoms with Crippen LogP contribution in [-0.2, 0) is 11.2 Å². The molecule has 0 unspecified atom stereocenters. The highest BCUT2D eigenvalue weighted by Gasteiger charge is 2.13. The fourth-order valence-electron chi connectivity index (χ4n) is 3.24. The van der Waals surface area contributed by atoms with E-state index in [0.717, 1.165) is 48.3 Å². The van der Waals surface area contributed by atoms with Gasteiger partial charge >= 0.3 is 0 Å². The van der Waals surface area contributed by atoms with Crippen molar-refractivity contribution in [3.05, 3.63) is 70.4 Å². The summed E-state index contributed by atoms with van der Waals surface area (Å²) in [6.07, 6.45) is 0.351. The third-order valence-electron chi connectivity index (χ3n) is 4.64. The van der Waals surface area contributed by atoms with Gasteiger partial charge in [-0.05, 0) is 56.2 Å². The first-order valence-corrected chi connectivity index (χ1v) is 10.8. The van der Waals surface area contributed by atoms with Crippen molar-refractivity contribution in [1.29, 1.82) is 0 Å². The van der Waals surface area contributed by atoms with E-state index >= 15 is 0 Å². The zero-order valence-corrected chi connectivity index (χ0v) is 17.6. The number of hydrogen-bond acceptors (Lipinski definition) is 4. The van der Waals surface area contributed by atoms with Crippen molar-refractivity contribution >= 4 is 45.6 Å². The standard InChI is InChI=1S/C22H21N3OS2/c1-13-10-16(28-22-23-14(2)12-27-22)8-9-19(13)25-21(26)11-18-15(3)24-20-7-5-4-6-17(18)20/h4-10,12,24H,11H2,1-3H3,(H,25,26). The number of para-hydroxylation sites is 1. The summed E-state index contributed by atoms with van der Waals surface area (Å²) < 4.78 is 1.03. The number of carbonyl (C=O) groups is 1. The van der Waals surface area contributed by atoms with E-state index < -0.39 is 0 Å². The van der Waals surface area contributed by atoms with Crippen LogP contribution in [0.25, 0.3) is 10.9 Å². The van der Waals surface area contributed by atoms with Crippen molar-refractivity contribution < 1.29 is 4.79 Å². The molecular weight excluding hydrogens is 386 g/mol. The second-order valence-corrected chi connectivity index (χ2v) is 9.01. The SMILES string of the molecule is Cc1csc(Sc2ccc(NC(=O)Cc3c(C)[nH]c4ccccc34)c(C)c2)n1. The Labute approximate surface area is 172 Å². The Morgan fingerprint density at radius 3 is 2.75 bits per heavy atom. The number of aromatic amines is 1. The summed E-state index contributed by atoms with van der Waals surface area (Å²) in [4.78, 5) is 21.6. The summed E-state index contributed by atoms with van der Waals surface area (Å²) in [6.45, 7) is 6.03. The quantitative estimate of drug-likeness (QED) is 0.434. The normalized spacial score (nSPS) is 11.1. The minimum atomic E-state index is -0.00750. The Bertz CT molecular complexity index is 1160. The van der Waals surface area contributed by atoms with Crippen molar-refractivity contribution in [2.45, 2.75) is 36.4 Å². The van der Waals surface area contributed by atoms with Crippen molar-refractivity contribution in [3.63, 3.8) is 0 Å². The summed E-state index contributed by atoms with van der Waals surface area (Å²) in [7, 11) is 0. The number of anilines is 1. The second-order valence-electron chi connectivity index (χ2n) is 6.83. The summed E-state index contributed by atoms with van der Waals surface area (Å²) in [5.41, 5.74) is 6.10. The highest BCUT2D eigenvalue weighted by atomic mass is 32.2. The van der Waals surface area contributed by atoms with E-state index in [0.29, 0.717) is 6.42 Å².